The van der Waals surface area contributed by atoms with E-state index in [0.29, 0.717) is 6.54 Å². The summed E-state index contributed by atoms with van der Waals surface area (Å²) in [5.74, 6) is 0.0437. The van der Waals surface area contributed by atoms with E-state index >= 15 is 0 Å². The maximum atomic E-state index is 12.1. The first-order chi connectivity index (χ1) is 11.8. The fourth-order valence-electron chi connectivity index (χ4n) is 2.98. The molecule has 0 bridgehead atoms. The maximum absolute atomic E-state index is 12.1. The second-order valence-corrected chi connectivity index (χ2v) is 9.04. The number of sulfonamides is 1. The molecule has 0 aliphatic carbocycles. The zero-order valence-corrected chi connectivity index (χ0v) is 16.2. The van der Waals surface area contributed by atoms with Crippen LogP contribution in [0.25, 0.3) is 0 Å². The molecule has 6 nitrogen and oxygen atoms in total. The first-order valence-corrected chi connectivity index (χ1v) is 10.7. The average Bonchev–Trinajstić information content (AvgIpc) is 3.05. The Hall–Kier alpha value is -1.60. The number of carbonyl (C=O) groups excluding carboxylic acids is 1. The van der Waals surface area contributed by atoms with Gasteiger partial charge in [0.15, 0.2) is 0 Å². The topological polar surface area (TPSA) is 69.7 Å². The number of benzene rings is 1. The van der Waals surface area contributed by atoms with Gasteiger partial charge in [0, 0.05) is 44.0 Å². The van der Waals surface area contributed by atoms with Crippen LogP contribution in [0, 0.1) is 5.92 Å². The van der Waals surface area contributed by atoms with Crippen molar-refractivity contribution in [1.82, 2.24) is 4.31 Å². The van der Waals surface area contributed by atoms with Gasteiger partial charge in [-0.1, -0.05) is 13.8 Å². The Labute approximate surface area is 151 Å². The second kappa shape index (κ2) is 8.67. The number of anilines is 2. The Balaban J connectivity index is 1.86. The van der Waals surface area contributed by atoms with Crippen molar-refractivity contribution in [2.24, 2.45) is 5.92 Å². The summed E-state index contributed by atoms with van der Waals surface area (Å²) in [6, 6.07) is 7.83. The zero-order valence-electron chi connectivity index (χ0n) is 15.4. The highest BCUT2D eigenvalue weighted by Gasteiger charge is 2.19. The molecule has 1 amide bonds. The Morgan fingerprint density at radius 1 is 1.20 bits per heavy atom. The van der Waals surface area contributed by atoms with Crippen molar-refractivity contribution in [3.63, 3.8) is 0 Å². The highest BCUT2D eigenvalue weighted by atomic mass is 32.2. The first kappa shape index (κ1) is 19.7. The van der Waals surface area contributed by atoms with Crippen LogP contribution >= 0.6 is 0 Å². The molecular weight excluding hydrogens is 338 g/mol. The molecule has 0 saturated carbocycles. The van der Waals surface area contributed by atoms with Gasteiger partial charge in [0.2, 0.25) is 15.9 Å². The van der Waals surface area contributed by atoms with Crippen LogP contribution < -0.4 is 10.2 Å². The summed E-state index contributed by atoms with van der Waals surface area (Å²) in [5.41, 5.74) is 1.92. The average molecular weight is 368 g/mol. The molecule has 2 rings (SSSR count). The number of carbonyl (C=O) groups is 1. The van der Waals surface area contributed by atoms with Gasteiger partial charge in [-0.05, 0) is 43.0 Å². The van der Waals surface area contributed by atoms with Gasteiger partial charge in [-0.3, -0.25) is 4.79 Å². The van der Waals surface area contributed by atoms with E-state index in [0.717, 1.165) is 18.8 Å². The third-order valence-electron chi connectivity index (χ3n) is 4.25. The van der Waals surface area contributed by atoms with Crippen LogP contribution in [0.4, 0.5) is 11.4 Å². The Morgan fingerprint density at radius 3 is 2.32 bits per heavy atom. The Bertz CT molecular complexity index is 665. The van der Waals surface area contributed by atoms with E-state index < -0.39 is 10.0 Å². The van der Waals surface area contributed by atoms with Crippen molar-refractivity contribution in [2.45, 2.75) is 33.1 Å². The summed E-state index contributed by atoms with van der Waals surface area (Å²) in [6.45, 7) is 6.72. The van der Waals surface area contributed by atoms with Crippen molar-refractivity contribution in [1.29, 1.82) is 0 Å². The fraction of sp³-hybridized carbons (Fsp3) is 0.611. The summed E-state index contributed by atoms with van der Waals surface area (Å²) in [6.07, 6.45) is 3.79. The molecule has 0 aromatic heterocycles. The van der Waals surface area contributed by atoms with Crippen LogP contribution in [-0.4, -0.2) is 51.1 Å². The van der Waals surface area contributed by atoms with E-state index in [-0.39, 0.29) is 24.8 Å². The molecule has 0 radical (unpaired) electrons. The van der Waals surface area contributed by atoms with Gasteiger partial charge in [-0.2, -0.15) is 0 Å². The summed E-state index contributed by atoms with van der Waals surface area (Å²) in [7, 11) is -3.30. The van der Waals surface area contributed by atoms with E-state index in [4.69, 9.17) is 0 Å². The third-order valence-corrected chi connectivity index (χ3v) is 5.52. The molecule has 140 valence electrons. The van der Waals surface area contributed by atoms with E-state index in [1.165, 1.54) is 29.1 Å². The molecule has 1 aliphatic rings. The largest absolute Gasteiger partial charge is 0.372 e. The van der Waals surface area contributed by atoms with Gasteiger partial charge in [-0.15, -0.1) is 0 Å². The van der Waals surface area contributed by atoms with Crippen molar-refractivity contribution in [3.8, 4) is 0 Å². The quantitative estimate of drug-likeness (QED) is 0.766. The van der Waals surface area contributed by atoms with Gasteiger partial charge >= 0.3 is 0 Å². The van der Waals surface area contributed by atoms with Crippen LogP contribution in [0.5, 0.6) is 0 Å². The summed E-state index contributed by atoms with van der Waals surface area (Å²) in [5, 5.41) is 2.84. The lowest BCUT2D eigenvalue weighted by molar-refractivity contribution is -0.116. The molecular formula is C18H29N3O3S. The Morgan fingerprint density at radius 2 is 1.80 bits per heavy atom. The minimum absolute atomic E-state index is 0.146. The zero-order chi connectivity index (χ0) is 18.4. The molecule has 1 fully saturated rings. The second-order valence-electron chi connectivity index (χ2n) is 7.05. The van der Waals surface area contributed by atoms with Crippen molar-refractivity contribution >= 4 is 27.3 Å². The maximum Gasteiger partial charge on any atom is 0.225 e. The van der Waals surface area contributed by atoms with E-state index in [9.17, 15) is 13.2 Å². The van der Waals surface area contributed by atoms with Crippen molar-refractivity contribution < 1.29 is 13.2 Å². The molecule has 1 saturated heterocycles. The predicted molar refractivity (Wildman–Crippen MR) is 102 cm³/mol. The molecule has 7 heteroatoms. The van der Waals surface area contributed by atoms with Crippen LogP contribution in [0.2, 0.25) is 0 Å². The molecule has 1 aromatic rings. The lowest BCUT2D eigenvalue weighted by Crippen LogP contribution is -2.35. The summed E-state index contributed by atoms with van der Waals surface area (Å²) < 4.78 is 25.0. The van der Waals surface area contributed by atoms with Crippen molar-refractivity contribution in [3.05, 3.63) is 24.3 Å². The lowest BCUT2D eigenvalue weighted by atomic mass is 10.2. The number of hydrogen-bond acceptors (Lipinski definition) is 4. The number of amides is 1. The third kappa shape index (κ3) is 6.32. The molecule has 1 aliphatic heterocycles. The SMILES string of the molecule is CC(C)CN(CCC(=O)Nc1ccc(N2CCCC2)cc1)S(C)(=O)=O. The number of nitrogens with one attached hydrogen (secondary N) is 1. The molecule has 1 aromatic carbocycles. The molecule has 25 heavy (non-hydrogen) atoms. The Kier molecular flexibility index (Phi) is 6.84. The van der Waals surface area contributed by atoms with Gasteiger partial charge in [0.1, 0.15) is 0 Å². The summed E-state index contributed by atoms with van der Waals surface area (Å²) >= 11 is 0. The molecule has 0 spiro atoms. The molecule has 0 atom stereocenters. The first-order valence-electron chi connectivity index (χ1n) is 8.85. The van der Waals surface area contributed by atoms with Gasteiger partial charge < -0.3 is 10.2 Å². The monoisotopic (exact) mass is 367 g/mol. The van der Waals surface area contributed by atoms with Gasteiger partial charge in [0.05, 0.1) is 6.26 Å². The highest BCUT2D eigenvalue weighted by Crippen LogP contribution is 2.22. The smallest absolute Gasteiger partial charge is 0.225 e. The van der Waals surface area contributed by atoms with Crippen LogP contribution in [0.1, 0.15) is 33.1 Å². The lowest BCUT2D eigenvalue weighted by Gasteiger charge is -2.21. The van der Waals surface area contributed by atoms with E-state index in [1.54, 1.807) is 0 Å². The minimum Gasteiger partial charge on any atom is -0.372 e. The number of hydrogen-bond donors (Lipinski definition) is 1. The number of nitrogens with zero attached hydrogens (tertiary/aromatic N) is 2. The summed E-state index contributed by atoms with van der Waals surface area (Å²) in [4.78, 5) is 14.5. The van der Waals surface area contributed by atoms with Gasteiger partial charge in [-0.25, -0.2) is 12.7 Å². The predicted octanol–water partition coefficient (Wildman–Crippen LogP) is 2.53. The molecule has 1 N–H and O–H groups in total. The molecule has 1 heterocycles. The minimum atomic E-state index is -3.30. The highest BCUT2D eigenvalue weighted by molar-refractivity contribution is 7.88. The number of rotatable bonds is 8. The van der Waals surface area contributed by atoms with E-state index in [1.807, 2.05) is 38.1 Å². The molecule has 0 unspecified atom stereocenters. The normalized spacial score (nSPS) is 15.2. The van der Waals surface area contributed by atoms with E-state index in [2.05, 4.69) is 10.2 Å². The van der Waals surface area contributed by atoms with Crippen molar-refractivity contribution in [2.75, 3.05) is 42.7 Å². The fourth-order valence-corrected chi connectivity index (χ4v) is 3.97. The standard InChI is InChI=1S/C18H29N3O3S/c1-15(2)14-21(25(3,23)24)13-10-18(22)19-16-6-8-17(9-7-16)20-11-4-5-12-20/h6-9,15H,4-5,10-14H2,1-3H3,(H,19,22). The van der Waals surface area contributed by atoms with Gasteiger partial charge in [0.25, 0.3) is 0 Å². The van der Waals surface area contributed by atoms with Crippen LogP contribution in [0.15, 0.2) is 24.3 Å². The van der Waals surface area contributed by atoms with Crippen LogP contribution in [-0.2, 0) is 14.8 Å². The van der Waals surface area contributed by atoms with Crippen LogP contribution in [0.3, 0.4) is 0 Å².